The Kier molecular flexibility index (Phi) is 3.30. The van der Waals surface area contributed by atoms with E-state index in [4.69, 9.17) is 11.5 Å². The van der Waals surface area contributed by atoms with Gasteiger partial charge in [-0.25, -0.2) is 0 Å². The molecule has 88 valence electrons. The van der Waals surface area contributed by atoms with Crippen LogP contribution in [0.5, 0.6) is 0 Å². The summed E-state index contributed by atoms with van der Waals surface area (Å²) in [5, 5.41) is 5.20. The van der Waals surface area contributed by atoms with Crippen molar-refractivity contribution in [3.05, 3.63) is 46.2 Å². The molecule has 2 aromatic rings. The molecule has 0 aliphatic rings. The van der Waals surface area contributed by atoms with E-state index in [1.54, 1.807) is 23.5 Å². The van der Waals surface area contributed by atoms with E-state index in [0.29, 0.717) is 17.8 Å². The van der Waals surface area contributed by atoms with Gasteiger partial charge in [0.15, 0.2) is 0 Å². The van der Waals surface area contributed by atoms with E-state index in [1.165, 1.54) is 4.88 Å². The number of nitrogens with one attached hydrogen (secondary N) is 1. The van der Waals surface area contributed by atoms with Crippen LogP contribution in [-0.4, -0.2) is 5.91 Å². The molecule has 1 aromatic carbocycles. The van der Waals surface area contributed by atoms with Gasteiger partial charge in [0.2, 0.25) is 0 Å². The Morgan fingerprint density at radius 3 is 2.76 bits per heavy atom. The van der Waals surface area contributed by atoms with Crippen LogP contribution in [-0.2, 0) is 6.54 Å². The molecule has 0 unspecified atom stereocenters. The van der Waals surface area contributed by atoms with E-state index < -0.39 is 5.91 Å². The zero-order valence-electron chi connectivity index (χ0n) is 9.14. The molecule has 0 radical (unpaired) electrons. The smallest absolute Gasteiger partial charge is 0.250 e. The fraction of sp³-hybridized carbons (Fsp3) is 0.0833. The van der Waals surface area contributed by atoms with E-state index in [1.807, 2.05) is 23.6 Å². The number of nitrogen functional groups attached to an aromatic ring is 1. The van der Waals surface area contributed by atoms with Crippen molar-refractivity contribution in [3.63, 3.8) is 0 Å². The summed E-state index contributed by atoms with van der Waals surface area (Å²) in [6, 6.07) is 9.23. The number of rotatable bonds is 4. The Balaban J connectivity index is 2.16. The van der Waals surface area contributed by atoms with Gasteiger partial charge in [0.1, 0.15) is 0 Å². The van der Waals surface area contributed by atoms with Gasteiger partial charge in [-0.1, -0.05) is 12.1 Å². The maximum absolute atomic E-state index is 11.1. The number of nitrogens with two attached hydrogens (primary N) is 2. The van der Waals surface area contributed by atoms with Crippen LogP contribution < -0.4 is 16.8 Å². The van der Waals surface area contributed by atoms with Crippen LogP contribution in [0.15, 0.2) is 35.7 Å². The van der Waals surface area contributed by atoms with E-state index in [2.05, 4.69) is 5.32 Å². The molecule has 4 nitrogen and oxygen atoms in total. The minimum Gasteiger partial charge on any atom is -0.396 e. The fourth-order valence-corrected chi connectivity index (χ4v) is 2.17. The van der Waals surface area contributed by atoms with Gasteiger partial charge in [-0.2, -0.15) is 0 Å². The van der Waals surface area contributed by atoms with Crippen LogP contribution in [0.4, 0.5) is 11.4 Å². The summed E-state index contributed by atoms with van der Waals surface area (Å²) in [6.45, 7) is 0.685. The lowest BCUT2D eigenvalue weighted by molar-refractivity contribution is 0.100. The Morgan fingerprint density at radius 1 is 1.29 bits per heavy atom. The Morgan fingerprint density at radius 2 is 2.12 bits per heavy atom. The van der Waals surface area contributed by atoms with Crippen molar-refractivity contribution in [2.75, 3.05) is 11.1 Å². The van der Waals surface area contributed by atoms with Crippen molar-refractivity contribution in [3.8, 4) is 0 Å². The highest BCUT2D eigenvalue weighted by atomic mass is 32.1. The largest absolute Gasteiger partial charge is 0.396 e. The molecule has 0 bridgehead atoms. The third-order valence-corrected chi connectivity index (χ3v) is 3.28. The van der Waals surface area contributed by atoms with Crippen molar-refractivity contribution >= 4 is 28.6 Å². The van der Waals surface area contributed by atoms with E-state index in [-0.39, 0.29) is 0 Å². The normalized spacial score (nSPS) is 10.1. The van der Waals surface area contributed by atoms with Gasteiger partial charge in [-0.3, -0.25) is 4.79 Å². The molecule has 0 fully saturated rings. The van der Waals surface area contributed by atoms with Crippen molar-refractivity contribution in [1.29, 1.82) is 0 Å². The van der Waals surface area contributed by atoms with Gasteiger partial charge >= 0.3 is 0 Å². The lowest BCUT2D eigenvalue weighted by atomic mass is 10.1. The number of hydrogen-bond donors (Lipinski definition) is 3. The summed E-state index contributed by atoms with van der Waals surface area (Å²) in [4.78, 5) is 12.3. The van der Waals surface area contributed by atoms with Crippen molar-refractivity contribution < 1.29 is 4.79 Å². The summed E-state index contributed by atoms with van der Waals surface area (Å²) in [6.07, 6.45) is 0. The number of thiophene rings is 1. The van der Waals surface area contributed by atoms with Crippen LogP contribution in [0.1, 0.15) is 15.2 Å². The summed E-state index contributed by atoms with van der Waals surface area (Å²) < 4.78 is 0. The molecule has 17 heavy (non-hydrogen) atoms. The number of benzene rings is 1. The van der Waals surface area contributed by atoms with E-state index in [9.17, 15) is 4.79 Å². The summed E-state index contributed by atoms with van der Waals surface area (Å²) in [5.74, 6) is -0.512. The fourth-order valence-electron chi connectivity index (χ4n) is 1.53. The number of hydrogen-bond acceptors (Lipinski definition) is 4. The summed E-state index contributed by atoms with van der Waals surface area (Å²) >= 11 is 1.66. The monoisotopic (exact) mass is 247 g/mol. The van der Waals surface area contributed by atoms with Gasteiger partial charge < -0.3 is 16.8 Å². The number of carbonyl (C=O) groups excluding carboxylic acids is 1. The molecule has 0 saturated heterocycles. The maximum Gasteiger partial charge on any atom is 0.250 e. The van der Waals surface area contributed by atoms with Crippen LogP contribution in [0.3, 0.4) is 0 Å². The average molecular weight is 247 g/mol. The second-order valence-corrected chi connectivity index (χ2v) is 4.60. The molecular formula is C12H13N3OS. The topological polar surface area (TPSA) is 81.1 Å². The summed E-state index contributed by atoms with van der Waals surface area (Å²) in [7, 11) is 0. The Hall–Kier alpha value is -2.01. The molecule has 0 aliphatic carbocycles. The van der Waals surface area contributed by atoms with Crippen molar-refractivity contribution in [1.82, 2.24) is 0 Å². The highest BCUT2D eigenvalue weighted by Gasteiger charge is 2.08. The highest BCUT2D eigenvalue weighted by molar-refractivity contribution is 7.09. The second kappa shape index (κ2) is 4.88. The molecule has 1 aromatic heterocycles. The molecule has 0 spiro atoms. The van der Waals surface area contributed by atoms with Gasteiger partial charge in [0.05, 0.1) is 16.9 Å². The number of para-hydroxylation sites is 1. The standard InChI is InChI=1S/C12H13N3OS/c13-11-9(12(14)16)4-1-5-10(11)15-7-8-3-2-6-17-8/h1-6,15H,7,13H2,(H2,14,16). The predicted molar refractivity (Wildman–Crippen MR) is 71.0 cm³/mol. The van der Waals surface area contributed by atoms with E-state index in [0.717, 1.165) is 5.69 Å². The average Bonchev–Trinajstić information content (AvgIpc) is 2.80. The third kappa shape index (κ3) is 2.57. The first-order valence-electron chi connectivity index (χ1n) is 5.13. The first-order valence-corrected chi connectivity index (χ1v) is 6.01. The molecule has 1 amide bonds. The second-order valence-electron chi connectivity index (χ2n) is 3.56. The molecule has 5 N–H and O–H groups in total. The molecule has 5 heteroatoms. The Labute approximate surface area is 103 Å². The van der Waals surface area contributed by atoms with E-state index >= 15 is 0 Å². The highest BCUT2D eigenvalue weighted by Crippen LogP contribution is 2.23. The Bertz CT molecular complexity index is 523. The lowest BCUT2D eigenvalue weighted by Gasteiger charge is -2.10. The SMILES string of the molecule is NC(=O)c1cccc(NCc2cccs2)c1N. The number of amides is 1. The molecule has 0 saturated carbocycles. The predicted octanol–water partition coefficient (Wildman–Crippen LogP) is 2.04. The molecular weight excluding hydrogens is 234 g/mol. The zero-order valence-corrected chi connectivity index (χ0v) is 9.96. The minimum atomic E-state index is -0.512. The van der Waals surface area contributed by atoms with Gasteiger partial charge in [0, 0.05) is 11.4 Å². The van der Waals surface area contributed by atoms with Gasteiger partial charge in [0.25, 0.3) is 5.91 Å². The van der Waals surface area contributed by atoms with Crippen LogP contribution in [0.25, 0.3) is 0 Å². The molecule has 0 atom stereocenters. The first-order chi connectivity index (χ1) is 8.18. The molecule has 0 aliphatic heterocycles. The van der Waals surface area contributed by atoms with Crippen LogP contribution in [0, 0.1) is 0 Å². The minimum absolute atomic E-state index is 0.348. The first kappa shape index (κ1) is 11.5. The lowest BCUT2D eigenvalue weighted by Crippen LogP contribution is -2.14. The summed E-state index contributed by atoms with van der Waals surface area (Å²) in [5.41, 5.74) is 12.6. The van der Waals surface area contributed by atoms with Crippen LogP contribution >= 0.6 is 11.3 Å². The van der Waals surface area contributed by atoms with Gasteiger partial charge in [-0.05, 0) is 23.6 Å². The number of primary amides is 1. The molecule has 2 rings (SSSR count). The van der Waals surface area contributed by atoms with Gasteiger partial charge in [-0.15, -0.1) is 11.3 Å². The number of carbonyl (C=O) groups is 1. The van der Waals surface area contributed by atoms with Crippen molar-refractivity contribution in [2.24, 2.45) is 5.73 Å². The number of anilines is 2. The third-order valence-electron chi connectivity index (χ3n) is 2.40. The van der Waals surface area contributed by atoms with Crippen molar-refractivity contribution in [2.45, 2.75) is 6.54 Å². The zero-order chi connectivity index (χ0) is 12.3. The maximum atomic E-state index is 11.1. The quantitative estimate of drug-likeness (QED) is 0.723. The van der Waals surface area contributed by atoms with Crippen LogP contribution in [0.2, 0.25) is 0 Å². The molecule has 1 heterocycles.